The van der Waals surface area contributed by atoms with E-state index in [0.29, 0.717) is 6.04 Å². The number of hydrogen-bond donors (Lipinski definition) is 1. The molecule has 19 heavy (non-hydrogen) atoms. The van der Waals surface area contributed by atoms with Crippen LogP contribution in [-0.2, 0) is 6.42 Å². The van der Waals surface area contributed by atoms with Gasteiger partial charge in [-0.2, -0.15) is 0 Å². The van der Waals surface area contributed by atoms with E-state index >= 15 is 0 Å². The van der Waals surface area contributed by atoms with Gasteiger partial charge in [-0.25, -0.2) is 0 Å². The van der Waals surface area contributed by atoms with Crippen LogP contribution in [-0.4, -0.2) is 31.1 Å². The quantitative estimate of drug-likeness (QED) is 0.684. The lowest BCUT2D eigenvalue weighted by Crippen LogP contribution is -2.28. The van der Waals surface area contributed by atoms with Gasteiger partial charge < -0.3 is 10.2 Å². The monoisotopic (exact) mass is 262 g/mol. The first-order chi connectivity index (χ1) is 9.21. The normalized spacial score (nSPS) is 12.9. The molecule has 1 atom stereocenters. The molecule has 0 amide bonds. The molecule has 2 heteroatoms. The third-order valence-electron chi connectivity index (χ3n) is 3.88. The smallest absolute Gasteiger partial charge is 0.0291 e. The SMILES string of the molecule is CCc1ccc(C(C)NCCCN(CC)CC)cc1. The summed E-state index contributed by atoms with van der Waals surface area (Å²) < 4.78 is 0. The first-order valence-electron chi connectivity index (χ1n) is 7.75. The molecule has 1 unspecified atom stereocenters. The molecule has 0 radical (unpaired) electrons. The predicted molar refractivity (Wildman–Crippen MR) is 84.6 cm³/mol. The van der Waals surface area contributed by atoms with Crippen molar-refractivity contribution in [3.63, 3.8) is 0 Å². The van der Waals surface area contributed by atoms with E-state index < -0.39 is 0 Å². The maximum atomic E-state index is 3.61. The Morgan fingerprint density at radius 1 is 1.05 bits per heavy atom. The van der Waals surface area contributed by atoms with Crippen LogP contribution in [0.4, 0.5) is 0 Å². The molecule has 0 saturated heterocycles. The van der Waals surface area contributed by atoms with Crippen LogP contribution in [0.15, 0.2) is 24.3 Å². The minimum Gasteiger partial charge on any atom is -0.310 e. The van der Waals surface area contributed by atoms with E-state index in [2.05, 4.69) is 62.2 Å². The number of benzene rings is 1. The summed E-state index contributed by atoms with van der Waals surface area (Å²) in [5.74, 6) is 0. The van der Waals surface area contributed by atoms with Gasteiger partial charge in [-0.3, -0.25) is 0 Å². The maximum absolute atomic E-state index is 3.61. The van der Waals surface area contributed by atoms with Crippen molar-refractivity contribution in [2.24, 2.45) is 0 Å². The Balaban J connectivity index is 2.28. The van der Waals surface area contributed by atoms with E-state index in [1.54, 1.807) is 0 Å². The highest BCUT2D eigenvalue weighted by Crippen LogP contribution is 2.13. The van der Waals surface area contributed by atoms with E-state index in [-0.39, 0.29) is 0 Å². The van der Waals surface area contributed by atoms with Crippen molar-refractivity contribution < 1.29 is 0 Å². The third kappa shape index (κ3) is 5.75. The fraction of sp³-hybridized carbons (Fsp3) is 0.647. The van der Waals surface area contributed by atoms with Gasteiger partial charge in [0.15, 0.2) is 0 Å². The lowest BCUT2D eigenvalue weighted by atomic mass is 10.0. The van der Waals surface area contributed by atoms with Gasteiger partial charge >= 0.3 is 0 Å². The zero-order chi connectivity index (χ0) is 14.1. The maximum Gasteiger partial charge on any atom is 0.0291 e. The molecule has 0 fully saturated rings. The second kappa shape index (κ2) is 9.11. The van der Waals surface area contributed by atoms with Gasteiger partial charge in [0, 0.05) is 6.04 Å². The second-order valence-corrected chi connectivity index (χ2v) is 5.15. The highest BCUT2D eigenvalue weighted by molar-refractivity contribution is 5.24. The van der Waals surface area contributed by atoms with Crippen molar-refractivity contribution in [3.8, 4) is 0 Å². The van der Waals surface area contributed by atoms with Crippen molar-refractivity contribution in [1.82, 2.24) is 10.2 Å². The van der Waals surface area contributed by atoms with E-state index in [1.165, 1.54) is 24.1 Å². The zero-order valence-corrected chi connectivity index (χ0v) is 13.1. The fourth-order valence-corrected chi connectivity index (χ4v) is 2.32. The fourth-order valence-electron chi connectivity index (χ4n) is 2.32. The van der Waals surface area contributed by atoms with Crippen molar-refractivity contribution in [2.45, 2.75) is 46.6 Å². The second-order valence-electron chi connectivity index (χ2n) is 5.15. The Morgan fingerprint density at radius 3 is 2.21 bits per heavy atom. The molecule has 2 nitrogen and oxygen atoms in total. The number of hydrogen-bond acceptors (Lipinski definition) is 2. The summed E-state index contributed by atoms with van der Waals surface area (Å²) in [6, 6.07) is 9.43. The highest BCUT2D eigenvalue weighted by atomic mass is 15.1. The first-order valence-corrected chi connectivity index (χ1v) is 7.75. The Morgan fingerprint density at radius 2 is 1.68 bits per heavy atom. The Labute approximate surface area is 119 Å². The van der Waals surface area contributed by atoms with Crippen molar-refractivity contribution in [3.05, 3.63) is 35.4 Å². The summed E-state index contributed by atoms with van der Waals surface area (Å²) in [5.41, 5.74) is 2.80. The van der Waals surface area contributed by atoms with Crippen molar-refractivity contribution >= 4 is 0 Å². The van der Waals surface area contributed by atoms with Gasteiger partial charge in [0.1, 0.15) is 0 Å². The predicted octanol–water partition coefficient (Wildman–Crippen LogP) is 3.63. The van der Waals surface area contributed by atoms with Gasteiger partial charge in [-0.1, -0.05) is 45.0 Å². The summed E-state index contributed by atoms with van der Waals surface area (Å²) in [6.07, 6.45) is 2.34. The lowest BCUT2D eigenvalue weighted by Gasteiger charge is -2.19. The van der Waals surface area contributed by atoms with Crippen LogP contribution in [0, 0.1) is 0 Å². The summed E-state index contributed by atoms with van der Waals surface area (Å²) in [6.45, 7) is 13.5. The van der Waals surface area contributed by atoms with Crippen LogP contribution >= 0.6 is 0 Å². The van der Waals surface area contributed by atoms with Crippen LogP contribution < -0.4 is 5.32 Å². The van der Waals surface area contributed by atoms with Crippen LogP contribution in [0.25, 0.3) is 0 Å². The van der Waals surface area contributed by atoms with Gasteiger partial charge in [0.05, 0.1) is 0 Å². The molecule has 0 aliphatic rings. The number of aryl methyl sites for hydroxylation is 1. The van der Waals surface area contributed by atoms with E-state index in [9.17, 15) is 0 Å². The summed E-state index contributed by atoms with van der Waals surface area (Å²) in [7, 11) is 0. The minimum atomic E-state index is 0.447. The number of nitrogens with one attached hydrogen (secondary N) is 1. The van der Waals surface area contributed by atoms with E-state index in [4.69, 9.17) is 0 Å². The van der Waals surface area contributed by atoms with Gasteiger partial charge in [0.2, 0.25) is 0 Å². The third-order valence-corrected chi connectivity index (χ3v) is 3.88. The van der Waals surface area contributed by atoms with Crippen LogP contribution in [0.2, 0.25) is 0 Å². The molecule has 1 N–H and O–H groups in total. The molecule has 0 spiro atoms. The molecular weight excluding hydrogens is 232 g/mol. The average molecular weight is 262 g/mol. The average Bonchev–Trinajstić information content (AvgIpc) is 2.47. The minimum absolute atomic E-state index is 0.447. The van der Waals surface area contributed by atoms with E-state index in [1.807, 2.05) is 0 Å². The van der Waals surface area contributed by atoms with Crippen LogP contribution in [0.1, 0.15) is 51.3 Å². The Kier molecular flexibility index (Phi) is 7.76. The van der Waals surface area contributed by atoms with Crippen molar-refractivity contribution in [2.75, 3.05) is 26.2 Å². The van der Waals surface area contributed by atoms with E-state index in [0.717, 1.165) is 26.1 Å². The Hall–Kier alpha value is -0.860. The molecule has 0 aliphatic heterocycles. The topological polar surface area (TPSA) is 15.3 Å². The molecule has 108 valence electrons. The number of nitrogens with zero attached hydrogens (tertiary/aromatic N) is 1. The summed E-state index contributed by atoms with van der Waals surface area (Å²) >= 11 is 0. The standard InChI is InChI=1S/C17H30N2/c1-5-16-9-11-17(12-10-16)15(4)18-13-8-14-19(6-2)7-3/h9-12,15,18H,5-8,13-14H2,1-4H3. The first kappa shape index (κ1) is 16.2. The summed E-state index contributed by atoms with van der Waals surface area (Å²) in [5, 5.41) is 3.61. The molecule has 0 saturated carbocycles. The molecule has 1 aromatic rings. The molecular formula is C17H30N2. The van der Waals surface area contributed by atoms with Gasteiger partial charge in [-0.15, -0.1) is 0 Å². The number of rotatable bonds is 9. The molecule has 1 aromatic carbocycles. The molecule has 0 aromatic heterocycles. The largest absolute Gasteiger partial charge is 0.310 e. The van der Waals surface area contributed by atoms with Gasteiger partial charge in [0.25, 0.3) is 0 Å². The Bertz CT molecular complexity index is 328. The zero-order valence-electron chi connectivity index (χ0n) is 13.1. The summed E-state index contributed by atoms with van der Waals surface area (Å²) in [4.78, 5) is 2.47. The van der Waals surface area contributed by atoms with Crippen LogP contribution in [0.5, 0.6) is 0 Å². The molecule has 0 bridgehead atoms. The molecule has 0 heterocycles. The molecule has 0 aliphatic carbocycles. The molecule has 1 rings (SSSR count). The lowest BCUT2D eigenvalue weighted by molar-refractivity contribution is 0.296. The van der Waals surface area contributed by atoms with Crippen molar-refractivity contribution in [1.29, 1.82) is 0 Å². The van der Waals surface area contributed by atoms with Gasteiger partial charge in [-0.05, 0) is 57.1 Å². The highest BCUT2D eigenvalue weighted by Gasteiger charge is 2.04. The van der Waals surface area contributed by atoms with Crippen LogP contribution in [0.3, 0.4) is 0 Å².